The molecule has 31 heavy (non-hydrogen) atoms. The molecule has 0 bridgehead atoms. The number of likely N-dealkylation sites (N-methyl/N-ethyl adjacent to an activating group) is 1. The van der Waals surface area contributed by atoms with Crippen molar-refractivity contribution in [3.63, 3.8) is 0 Å². The lowest BCUT2D eigenvalue weighted by Crippen LogP contribution is -2.79. The minimum absolute atomic E-state index is 0.0754. The molecule has 0 aromatic rings. The van der Waals surface area contributed by atoms with Crippen LogP contribution < -0.4 is 5.32 Å². The average Bonchev–Trinajstić information content (AvgIpc) is 3.38. The highest BCUT2D eigenvalue weighted by molar-refractivity contribution is 5.11. The molecular weight excluding hydrogens is 388 g/mol. The minimum atomic E-state index is 0.0754. The summed E-state index contributed by atoms with van der Waals surface area (Å²) >= 11 is 0. The molecule has 0 spiro atoms. The Bertz CT molecular complexity index is 629. The van der Waals surface area contributed by atoms with Crippen LogP contribution in [0, 0.1) is 11.8 Å². The Morgan fingerprint density at radius 3 is 2.45 bits per heavy atom. The van der Waals surface area contributed by atoms with Crippen LogP contribution in [0.15, 0.2) is 0 Å². The van der Waals surface area contributed by atoms with E-state index in [1.165, 1.54) is 58.0 Å². The van der Waals surface area contributed by atoms with Crippen LogP contribution in [0.3, 0.4) is 0 Å². The Labute approximate surface area is 190 Å². The first-order valence-corrected chi connectivity index (χ1v) is 13.2. The number of piperidine rings is 1. The van der Waals surface area contributed by atoms with E-state index in [-0.39, 0.29) is 24.3 Å². The summed E-state index contributed by atoms with van der Waals surface area (Å²) in [6, 6.07) is 1.47. The average molecular weight is 435 g/mol. The first-order chi connectivity index (χ1) is 15.0. The van der Waals surface area contributed by atoms with E-state index in [0.717, 1.165) is 24.7 Å². The van der Waals surface area contributed by atoms with Crippen molar-refractivity contribution in [1.82, 2.24) is 20.0 Å². The number of hydrogen-bond acceptors (Lipinski definition) is 6. The Balaban J connectivity index is 1.41. The molecule has 6 heteroatoms. The summed E-state index contributed by atoms with van der Waals surface area (Å²) in [5, 5.41) is 4.23. The molecule has 9 atom stereocenters. The van der Waals surface area contributed by atoms with E-state index in [9.17, 15) is 0 Å². The summed E-state index contributed by atoms with van der Waals surface area (Å²) in [7, 11) is 4.29. The number of nitrogens with one attached hydrogen (secondary N) is 1. The van der Waals surface area contributed by atoms with E-state index < -0.39 is 0 Å². The number of likely N-dealkylation sites (tertiary alicyclic amines) is 2. The predicted molar refractivity (Wildman–Crippen MR) is 123 cm³/mol. The van der Waals surface area contributed by atoms with Crippen molar-refractivity contribution in [2.24, 2.45) is 11.8 Å². The van der Waals surface area contributed by atoms with Gasteiger partial charge < -0.3 is 9.47 Å². The topological polar surface area (TPSA) is 43.5 Å². The molecule has 6 nitrogen and oxygen atoms in total. The second kappa shape index (κ2) is 8.84. The van der Waals surface area contributed by atoms with Crippen molar-refractivity contribution in [2.75, 3.05) is 27.2 Å². The lowest BCUT2D eigenvalue weighted by Gasteiger charge is -2.63. The van der Waals surface area contributed by atoms with Crippen molar-refractivity contribution in [1.29, 1.82) is 0 Å². The molecule has 0 aromatic heterocycles. The molecule has 178 valence electrons. The second-order valence-electron chi connectivity index (χ2n) is 11.2. The highest BCUT2D eigenvalue weighted by Crippen LogP contribution is 2.47. The number of epoxide rings is 1. The molecule has 0 aromatic carbocycles. The van der Waals surface area contributed by atoms with E-state index in [2.05, 4.69) is 47.8 Å². The van der Waals surface area contributed by atoms with Crippen molar-refractivity contribution in [3.05, 3.63) is 0 Å². The molecule has 5 aliphatic rings. The SMILES string of the molecule is CC[C@H]1NC(C)(C2CCCCC2C)N(C)[C@@H]2CCC(OC)N([C@H]3OC3N3CCCC3)C21. The zero-order valence-corrected chi connectivity index (χ0v) is 20.6. The van der Waals surface area contributed by atoms with Crippen molar-refractivity contribution in [2.45, 2.75) is 121 Å². The zero-order chi connectivity index (χ0) is 21.8. The Morgan fingerprint density at radius 2 is 1.77 bits per heavy atom. The summed E-state index contributed by atoms with van der Waals surface area (Å²) in [6.45, 7) is 9.74. The molecule has 1 N–H and O–H groups in total. The zero-order valence-electron chi connectivity index (χ0n) is 20.6. The van der Waals surface area contributed by atoms with Gasteiger partial charge in [-0.3, -0.25) is 15.1 Å². The number of ether oxygens (including phenoxy) is 2. The number of hydrogen-bond donors (Lipinski definition) is 1. The maximum absolute atomic E-state index is 6.36. The van der Waals surface area contributed by atoms with Gasteiger partial charge >= 0.3 is 0 Å². The largest absolute Gasteiger partial charge is 0.366 e. The number of fused-ring (bicyclic) bond motifs is 1. The standard InChI is InChI=1S/C25H46N4O2/c1-6-19-22-20(27(4)25(3,26-19)18-12-8-7-11-17(18)2)13-14-21(30-5)29(22)24-23(31-24)28-15-9-10-16-28/h17-24,26H,6-16H2,1-5H3/t17?,18?,19-,20-,21?,22?,23?,24+,25?/m1/s1. The van der Waals surface area contributed by atoms with Crippen LogP contribution in [0.4, 0.5) is 0 Å². The van der Waals surface area contributed by atoms with Gasteiger partial charge in [0.15, 0.2) is 12.5 Å². The van der Waals surface area contributed by atoms with Crippen molar-refractivity contribution < 1.29 is 9.47 Å². The van der Waals surface area contributed by atoms with Gasteiger partial charge in [-0.15, -0.1) is 0 Å². The summed E-state index contributed by atoms with van der Waals surface area (Å²) in [5.41, 5.74) is 0.0754. The molecular formula is C25H46N4O2. The molecule has 6 unspecified atom stereocenters. The van der Waals surface area contributed by atoms with Gasteiger partial charge in [0.2, 0.25) is 0 Å². The fourth-order valence-electron chi connectivity index (χ4n) is 7.84. The molecule has 4 aliphatic heterocycles. The van der Waals surface area contributed by atoms with Crippen LogP contribution in [0.1, 0.15) is 78.6 Å². The number of methoxy groups -OCH3 is 1. The monoisotopic (exact) mass is 434 g/mol. The smallest absolute Gasteiger partial charge is 0.155 e. The minimum Gasteiger partial charge on any atom is -0.366 e. The van der Waals surface area contributed by atoms with E-state index >= 15 is 0 Å². The predicted octanol–water partition coefficient (Wildman–Crippen LogP) is 3.43. The highest BCUT2D eigenvalue weighted by atomic mass is 16.6. The summed E-state index contributed by atoms with van der Waals surface area (Å²) in [4.78, 5) is 7.93. The lowest BCUT2D eigenvalue weighted by atomic mass is 9.69. The van der Waals surface area contributed by atoms with Crippen LogP contribution in [-0.4, -0.2) is 84.4 Å². The third kappa shape index (κ3) is 3.79. The summed E-state index contributed by atoms with van der Waals surface area (Å²) in [5.74, 6) is 1.52. The van der Waals surface area contributed by atoms with Gasteiger partial charge in [0, 0.05) is 38.3 Å². The normalized spacial score (nSPS) is 49.8. The number of rotatable bonds is 5. The van der Waals surface area contributed by atoms with Gasteiger partial charge in [-0.05, 0) is 64.3 Å². The quantitative estimate of drug-likeness (QED) is 0.669. The molecule has 1 saturated carbocycles. The number of nitrogens with zero attached hydrogens (tertiary/aromatic N) is 3. The third-order valence-electron chi connectivity index (χ3n) is 9.69. The molecule has 1 aliphatic carbocycles. The Kier molecular flexibility index (Phi) is 6.43. The van der Waals surface area contributed by atoms with Gasteiger partial charge in [0.25, 0.3) is 0 Å². The summed E-state index contributed by atoms with van der Waals surface area (Å²) < 4.78 is 12.4. The van der Waals surface area contributed by atoms with E-state index in [1.807, 2.05) is 7.11 Å². The Morgan fingerprint density at radius 1 is 1.03 bits per heavy atom. The maximum atomic E-state index is 6.36. The maximum Gasteiger partial charge on any atom is 0.155 e. The highest BCUT2D eigenvalue weighted by Gasteiger charge is 2.60. The van der Waals surface area contributed by atoms with Crippen LogP contribution in [0.2, 0.25) is 0 Å². The van der Waals surface area contributed by atoms with Gasteiger partial charge in [0.1, 0.15) is 6.23 Å². The fourth-order valence-corrected chi connectivity index (χ4v) is 7.84. The molecule has 4 heterocycles. The van der Waals surface area contributed by atoms with E-state index in [1.54, 1.807) is 0 Å². The lowest BCUT2D eigenvalue weighted by molar-refractivity contribution is -0.182. The van der Waals surface area contributed by atoms with Gasteiger partial charge in [-0.2, -0.15) is 0 Å². The van der Waals surface area contributed by atoms with Crippen LogP contribution >= 0.6 is 0 Å². The molecule has 0 amide bonds. The molecule has 4 saturated heterocycles. The molecule has 5 fully saturated rings. The second-order valence-corrected chi connectivity index (χ2v) is 11.2. The van der Waals surface area contributed by atoms with E-state index in [0.29, 0.717) is 18.1 Å². The summed E-state index contributed by atoms with van der Waals surface area (Å²) in [6.07, 6.45) is 12.2. The van der Waals surface area contributed by atoms with Crippen molar-refractivity contribution >= 4 is 0 Å². The molecule has 5 rings (SSSR count). The third-order valence-corrected chi connectivity index (χ3v) is 9.69. The van der Waals surface area contributed by atoms with Crippen molar-refractivity contribution in [3.8, 4) is 0 Å². The van der Waals surface area contributed by atoms with Crippen LogP contribution in [0.5, 0.6) is 0 Å². The Hall–Kier alpha value is -0.240. The first kappa shape index (κ1) is 22.5. The molecule has 0 radical (unpaired) electrons. The first-order valence-electron chi connectivity index (χ1n) is 13.2. The van der Waals surface area contributed by atoms with E-state index in [4.69, 9.17) is 9.47 Å². The van der Waals surface area contributed by atoms with Gasteiger partial charge in [0.05, 0.1) is 5.66 Å². The van der Waals surface area contributed by atoms with Crippen LogP contribution in [-0.2, 0) is 9.47 Å². The van der Waals surface area contributed by atoms with Crippen LogP contribution in [0.25, 0.3) is 0 Å². The van der Waals surface area contributed by atoms with Gasteiger partial charge in [-0.25, -0.2) is 4.90 Å². The fraction of sp³-hybridized carbons (Fsp3) is 1.00. The van der Waals surface area contributed by atoms with Gasteiger partial charge in [-0.1, -0.05) is 33.1 Å².